The standard InChI is InChI=1S/C20H22N4O4S/c1-3-24(4-2)29(27,28)18-11-9-17(10-12-18)23-20(26)15-5-7-16(8-6-15)22-19(25)13-14-21/h5-12H,3-4,13H2,1-2H3,(H,22,25)(H,23,26). The Kier molecular flexibility index (Phi) is 7.47. The second-order valence-electron chi connectivity index (χ2n) is 6.03. The highest BCUT2D eigenvalue weighted by molar-refractivity contribution is 7.89. The first-order valence-corrected chi connectivity index (χ1v) is 10.4. The Morgan fingerprint density at radius 1 is 0.931 bits per heavy atom. The average molecular weight is 414 g/mol. The second-order valence-corrected chi connectivity index (χ2v) is 7.97. The fourth-order valence-corrected chi connectivity index (χ4v) is 4.07. The van der Waals surface area contributed by atoms with Crippen LogP contribution < -0.4 is 10.6 Å². The molecule has 0 spiro atoms. The molecule has 8 nitrogen and oxygen atoms in total. The summed E-state index contributed by atoms with van der Waals surface area (Å²) >= 11 is 0. The van der Waals surface area contributed by atoms with Gasteiger partial charge in [0.2, 0.25) is 15.9 Å². The lowest BCUT2D eigenvalue weighted by atomic mass is 10.2. The van der Waals surface area contributed by atoms with E-state index in [1.165, 1.54) is 40.7 Å². The molecule has 0 radical (unpaired) electrons. The molecule has 2 rings (SSSR count). The van der Waals surface area contributed by atoms with E-state index >= 15 is 0 Å². The Morgan fingerprint density at radius 2 is 1.45 bits per heavy atom. The van der Waals surface area contributed by atoms with Crippen LogP contribution >= 0.6 is 0 Å². The van der Waals surface area contributed by atoms with Crippen LogP contribution in [-0.2, 0) is 14.8 Å². The lowest BCUT2D eigenvalue weighted by Crippen LogP contribution is -2.30. The summed E-state index contributed by atoms with van der Waals surface area (Å²) in [5.74, 6) is -0.802. The number of carbonyl (C=O) groups is 2. The minimum atomic E-state index is -3.55. The number of nitrogens with one attached hydrogen (secondary N) is 2. The number of amides is 2. The number of nitrogens with zero attached hydrogens (tertiary/aromatic N) is 2. The molecule has 0 saturated carbocycles. The van der Waals surface area contributed by atoms with Crippen molar-refractivity contribution in [2.75, 3.05) is 23.7 Å². The van der Waals surface area contributed by atoms with Crippen molar-refractivity contribution in [3.8, 4) is 6.07 Å². The molecule has 0 aliphatic carbocycles. The van der Waals surface area contributed by atoms with Gasteiger partial charge in [-0.25, -0.2) is 8.42 Å². The van der Waals surface area contributed by atoms with Crippen LogP contribution in [0.4, 0.5) is 11.4 Å². The van der Waals surface area contributed by atoms with Crippen LogP contribution in [0.3, 0.4) is 0 Å². The molecular weight excluding hydrogens is 392 g/mol. The predicted octanol–water partition coefficient (Wildman–Crippen LogP) is 2.82. The number of benzene rings is 2. The van der Waals surface area contributed by atoms with Gasteiger partial charge in [0.25, 0.3) is 5.91 Å². The third-order valence-electron chi connectivity index (χ3n) is 4.13. The van der Waals surface area contributed by atoms with Crippen LogP contribution in [-0.4, -0.2) is 37.6 Å². The number of sulfonamides is 1. The summed E-state index contributed by atoms with van der Waals surface area (Å²) in [4.78, 5) is 23.9. The van der Waals surface area contributed by atoms with Crippen molar-refractivity contribution in [1.82, 2.24) is 4.31 Å². The summed E-state index contributed by atoms with van der Waals surface area (Å²) < 4.78 is 26.3. The lowest BCUT2D eigenvalue weighted by Gasteiger charge is -2.18. The zero-order chi connectivity index (χ0) is 21.4. The molecule has 0 heterocycles. The van der Waals surface area contributed by atoms with Crippen molar-refractivity contribution in [1.29, 1.82) is 5.26 Å². The quantitative estimate of drug-likeness (QED) is 0.688. The van der Waals surface area contributed by atoms with Gasteiger partial charge in [-0.2, -0.15) is 9.57 Å². The average Bonchev–Trinajstić information content (AvgIpc) is 2.70. The van der Waals surface area contributed by atoms with Gasteiger partial charge in [-0.3, -0.25) is 9.59 Å². The molecular formula is C20H22N4O4S. The fraction of sp³-hybridized carbons (Fsp3) is 0.250. The van der Waals surface area contributed by atoms with Crippen molar-refractivity contribution >= 4 is 33.2 Å². The van der Waals surface area contributed by atoms with Gasteiger partial charge in [-0.15, -0.1) is 0 Å². The minimum Gasteiger partial charge on any atom is -0.325 e. The van der Waals surface area contributed by atoms with Gasteiger partial charge in [-0.05, 0) is 48.5 Å². The normalized spacial score (nSPS) is 11.0. The number of carbonyl (C=O) groups excluding carboxylic acids is 2. The molecule has 2 aromatic rings. The third kappa shape index (κ3) is 5.63. The van der Waals surface area contributed by atoms with Crippen molar-refractivity contribution in [3.63, 3.8) is 0 Å². The minimum absolute atomic E-state index is 0.164. The van der Waals surface area contributed by atoms with E-state index in [1.807, 2.05) is 0 Å². The molecule has 2 N–H and O–H groups in total. The van der Waals surface area contributed by atoms with Gasteiger partial charge in [0.15, 0.2) is 0 Å². The number of hydrogen-bond donors (Lipinski definition) is 2. The number of anilines is 2. The zero-order valence-electron chi connectivity index (χ0n) is 16.2. The van der Waals surface area contributed by atoms with Crippen LogP contribution in [0, 0.1) is 11.3 Å². The van der Waals surface area contributed by atoms with Crippen molar-refractivity contribution < 1.29 is 18.0 Å². The van der Waals surface area contributed by atoms with Crippen LogP contribution in [0.2, 0.25) is 0 Å². The smallest absolute Gasteiger partial charge is 0.255 e. The third-order valence-corrected chi connectivity index (χ3v) is 6.19. The maximum atomic E-state index is 12.5. The van der Waals surface area contributed by atoms with E-state index < -0.39 is 15.9 Å². The first-order valence-electron chi connectivity index (χ1n) is 9.00. The zero-order valence-corrected chi connectivity index (χ0v) is 17.0. The highest BCUT2D eigenvalue weighted by Gasteiger charge is 2.21. The Morgan fingerprint density at radius 3 is 1.97 bits per heavy atom. The highest BCUT2D eigenvalue weighted by Crippen LogP contribution is 2.19. The Hall–Kier alpha value is -3.22. The molecule has 0 unspecified atom stereocenters. The van der Waals surface area contributed by atoms with E-state index in [2.05, 4.69) is 10.6 Å². The van der Waals surface area contributed by atoms with E-state index in [0.717, 1.165) is 0 Å². The molecule has 2 aromatic carbocycles. The van der Waals surface area contributed by atoms with Crippen LogP contribution in [0.1, 0.15) is 30.6 Å². The number of hydrogen-bond acceptors (Lipinski definition) is 5. The van der Waals surface area contributed by atoms with Crippen LogP contribution in [0.5, 0.6) is 0 Å². The van der Waals surface area contributed by atoms with Crippen LogP contribution in [0.15, 0.2) is 53.4 Å². The second kappa shape index (κ2) is 9.82. The number of rotatable bonds is 8. The van der Waals surface area contributed by atoms with Crippen molar-refractivity contribution in [2.24, 2.45) is 0 Å². The van der Waals surface area contributed by atoms with Crippen molar-refractivity contribution in [2.45, 2.75) is 25.2 Å². The molecule has 0 aliphatic rings. The van der Waals surface area contributed by atoms with Gasteiger partial charge in [0, 0.05) is 30.0 Å². The molecule has 0 fully saturated rings. The fourth-order valence-electron chi connectivity index (χ4n) is 2.61. The lowest BCUT2D eigenvalue weighted by molar-refractivity contribution is -0.115. The Labute approximate surface area is 170 Å². The summed E-state index contributed by atoms with van der Waals surface area (Å²) in [6.45, 7) is 4.31. The first-order chi connectivity index (χ1) is 13.8. The number of nitriles is 1. The molecule has 0 aromatic heterocycles. The Bertz CT molecular complexity index is 1010. The SMILES string of the molecule is CCN(CC)S(=O)(=O)c1ccc(NC(=O)c2ccc(NC(=O)CC#N)cc2)cc1. The molecule has 0 saturated heterocycles. The summed E-state index contributed by atoms with van der Waals surface area (Å²) in [6.07, 6.45) is -0.248. The maximum Gasteiger partial charge on any atom is 0.255 e. The summed E-state index contributed by atoms with van der Waals surface area (Å²) in [6, 6.07) is 13.9. The Balaban J connectivity index is 2.06. The molecule has 0 aliphatic heterocycles. The van der Waals surface area contributed by atoms with Gasteiger partial charge in [0.05, 0.1) is 11.0 Å². The monoisotopic (exact) mass is 414 g/mol. The van der Waals surface area contributed by atoms with Gasteiger partial charge in [0.1, 0.15) is 6.42 Å². The van der Waals surface area contributed by atoms with E-state index in [0.29, 0.717) is 30.0 Å². The summed E-state index contributed by atoms with van der Waals surface area (Å²) in [5.41, 5.74) is 1.30. The largest absolute Gasteiger partial charge is 0.325 e. The van der Waals surface area contributed by atoms with E-state index in [-0.39, 0.29) is 17.2 Å². The van der Waals surface area contributed by atoms with Gasteiger partial charge < -0.3 is 10.6 Å². The van der Waals surface area contributed by atoms with E-state index in [4.69, 9.17) is 5.26 Å². The molecule has 152 valence electrons. The molecule has 9 heteroatoms. The van der Waals surface area contributed by atoms with E-state index in [1.54, 1.807) is 32.0 Å². The van der Waals surface area contributed by atoms with Crippen LogP contribution in [0.25, 0.3) is 0 Å². The predicted molar refractivity (Wildman–Crippen MR) is 110 cm³/mol. The van der Waals surface area contributed by atoms with Gasteiger partial charge >= 0.3 is 0 Å². The topological polar surface area (TPSA) is 119 Å². The molecule has 0 atom stereocenters. The van der Waals surface area contributed by atoms with Gasteiger partial charge in [-0.1, -0.05) is 13.8 Å². The maximum absolute atomic E-state index is 12.5. The molecule has 2 amide bonds. The molecule has 0 bridgehead atoms. The highest BCUT2D eigenvalue weighted by atomic mass is 32.2. The summed E-state index contributed by atoms with van der Waals surface area (Å²) in [5, 5.41) is 13.7. The van der Waals surface area contributed by atoms with Crippen molar-refractivity contribution in [3.05, 3.63) is 54.1 Å². The molecule has 29 heavy (non-hydrogen) atoms. The van der Waals surface area contributed by atoms with E-state index in [9.17, 15) is 18.0 Å². The first kappa shape index (κ1) is 22.1. The summed E-state index contributed by atoms with van der Waals surface area (Å²) in [7, 11) is -3.55.